The molecule has 1 N–H and O–H groups in total. The first kappa shape index (κ1) is 14.4. The van der Waals surface area contributed by atoms with Gasteiger partial charge in [0.1, 0.15) is 0 Å². The normalized spacial score (nSPS) is 31.0. The van der Waals surface area contributed by atoms with Crippen molar-refractivity contribution in [1.29, 1.82) is 0 Å². The molecule has 23 heavy (non-hydrogen) atoms. The van der Waals surface area contributed by atoms with Crippen LogP contribution < -0.4 is 5.43 Å². The minimum atomic E-state index is -0.500. The van der Waals surface area contributed by atoms with Gasteiger partial charge in [0.2, 0.25) is 0 Å². The summed E-state index contributed by atoms with van der Waals surface area (Å²) in [5.41, 5.74) is 3.96. The molecule has 4 aliphatic carbocycles. The van der Waals surface area contributed by atoms with Crippen LogP contribution in [0.3, 0.4) is 0 Å². The summed E-state index contributed by atoms with van der Waals surface area (Å²) in [5, 5.41) is 15.2. The van der Waals surface area contributed by atoms with E-state index in [1.165, 1.54) is 50.3 Å². The highest BCUT2D eigenvalue weighted by Crippen LogP contribution is 2.52. The van der Waals surface area contributed by atoms with Crippen molar-refractivity contribution in [2.24, 2.45) is 28.8 Å². The second kappa shape index (κ2) is 5.44. The van der Waals surface area contributed by atoms with E-state index < -0.39 is 4.92 Å². The molecule has 120 valence electrons. The average molecular weight is 313 g/mol. The van der Waals surface area contributed by atoms with Crippen LogP contribution in [0.25, 0.3) is 0 Å². The van der Waals surface area contributed by atoms with Gasteiger partial charge >= 0.3 is 0 Å². The molecule has 0 aromatic heterocycles. The number of carbonyl (C=O) groups excluding carboxylic acids is 1. The molecule has 1 amide bonds. The molecule has 4 fully saturated rings. The van der Waals surface area contributed by atoms with Crippen molar-refractivity contribution in [1.82, 2.24) is 5.43 Å². The number of carbonyl (C=O) groups is 1. The second-order valence-corrected chi connectivity index (χ2v) is 7.09. The summed E-state index contributed by atoms with van der Waals surface area (Å²) in [7, 11) is 0. The van der Waals surface area contributed by atoms with Crippen LogP contribution >= 0.6 is 0 Å². The van der Waals surface area contributed by atoms with E-state index in [1.807, 2.05) is 0 Å². The van der Waals surface area contributed by atoms with Gasteiger partial charge in [-0.25, -0.2) is 5.43 Å². The fourth-order valence-electron chi connectivity index (χ4n) is 4.79. The molecule has 0 aliphatic heterocycles. The van der Waals surface area contributed by atoms with Crippen molar-refractivity contribution >= 4 is 17.3 Å². The van der Waals surface area contributed by atoms with E-state index in [2.05, 4.69) is 10.5 Å². The van der Waals surface area contributed by atoms with Crippen molar-refractivity contribution in [3.8, 4) is 0 Å². The highest BCUT2D eigenvalue weighted by Gasteiger charge is 2.46. The number of benzene rings is 1. The minimum absolute atomic E-state index is 0.0834. The van der Waals surface area contributed by atoms with Crippen LogP contribution in [-0.2, 0) is 0 Å². The van der Waals surface area contributed by atoms with Gasteiger partial charge in [-0.1, -0.05) is 6.07 Å². The van der Waals surface area contributed by atoms with E-state index in [0.717, 1.165) is 17.5 Å². The summed E-state index contributed by atoms with van der Waals surface area (Å²) in [6, 6.07) is 5.75. The van der Waals surface area contributed by atoms with Crippen LogP contribution in [-0.4, -0.2) is 16.5 Å². The van der Waals surface area contributed by atoms with Crippen LogP contribution in [0.5, 0.6) is 0 Å². The maximum atomic E-state index is 12.2. The van der Waals surface area contributed by atoms with Gasteiger partial charge in [-0.05, 0) is 61.8 Å². The van der Waals surface area contributed by atoms with Crippen LogP contribution in [0, 0.1) is 33.8 Å². The number of nitrogens with zero attached hydrogens (tertiary/aromatic N) is 2. The van der Waals surface area contributed by atoms with Crippen molar-refractivity contribution in [2.45, 2.75) is 32.1 Å². The van der Waals surface area contributed by atoms with E-state index >= 15 is 0 Å². The van der Waals surface area contributed by atoms with Gasteiger partial charge in [0, 0.05) is 23.4 Å². The lowest BCUT2D eigenvalue weighted by Crippen LogP contribution is -2.46. The molecule has 1 aromatic rings. The Labute approximate surface area is 134 Å². The van der Waals surface area contributed by atoms with Crippen LogP contribution in [0.4, 0.5) is 5.69 Å². The predicted molar refractivity (Wildman–Crippen MR) is 85.0 cm³/mol. The largest absolute Gasteiger partial charge is 0.271 e. The molecule has 0 radical (unpaired) electrons. The lowest BCUT2D eigenvalue weighted by molar-refractivity contribution is -0.384. The highest BCUT2D eigenvalue weighted by atomic mass is 16.6. The molecule has 4 saturated carbocycles. The zero-order valence-electron chi connectivity index (χ0n) is 12.8. The third kappa shape index (κ3) is 2.62. The third-order valence-electron chi connectivity index (χ3n) is 5.58. The number of nitro groups is 1. The number of amides is 1. The Morgan fingerprint density at radius 1 is 1.13 bits per heavy atom. The van der Waals surface area contributed by atoms with Crippen molar-refractivity contribution in [3.63, 3.8) is 0 Å². The number of hydrogen-bond donors (Lipinski definition) is 1. The Balaban J connectivity index is 1.49. The van der Waals surface area contributed by atoms with E-state index in [9.17, 15) is 14.9 Å². The Hall–Kier alpha value is -2.24. The van der Waals surface area contributed by atoms with Gasteiger partial charge in [-0.2, -0.15) is 5.10 Å². The van der Waals surface area contributed by atoms with Crippen LogP contribution in [0.1, 0.15) is 42.5 Å². The van der Waals surface area contributed by atoms with Crippen molar-refractivity contribution < 1.29 is 9.72 Å². The number of hydrogen-bond acceptors (Lipinski definition) is 4. The third-order valence-corrected chi connectivity index (χ3v) is 5.58. The molecule has 6 heteroatoms. The summed E-state index contributed by atoms with van der Waals surface area (Å²) in [5.74, 6) is 2.37. The monoisotopic (exact) mass is 313 g/mol. The summed E-state index contributed by atoms with van der Waals surface area (Å²) < 4.78 is 0. The van der Waals surface area contributed by atoms with Gasteiger partial charge in [-0.15, -0.1) is 0 Å². The molecule has 5 rings (SSSR count). The van der Waals surface area contributed by atoms with Crippen molar-refractivity contribution in [2.75, 3.05) is 0 Å². The van der Waals surface area contributed by atoms with Crippen LogP contribution in [0.15, 0.2) is 29.4 Å². The Morgan fingerprint density at radius 3 is 2.39 bits per heavy atom. The van der Waals surface area contributed by atoms with Gasteiger partial charge in [0.05, 0.1) is 4.92 Å². The van der Waals surface area contributed by atoms with Gasteiger partial charge in [0.25, 0.3) is 11.6 Å². The standard InChI is InChI=1S/C17H19N3O3/c21-17(12-2-1-3-15(9-12)20(22)23)19-18-16-13-5-10-4-11(7-13)8-14(16)6-10/h1-3,9-11,13-14H,4-8H2,(H,19,21). The highest BCUT2D eigenvalue weighted by molar-refractivity contribution is 5.97. The lowest BCUT2D eigenvalue weighted by atomic mass is 9.55. The molecule has 0 atom stereocenters. The topological polar surface area (TPSA) is 84.6 Å². The quantitative estimate of drug-likeness (QED) is 0.687. The van der Waals surface area contributed by atoms with Gasteiger partial charge in [-0.3, -0.25) is 14.9 Å². The first-order valence-electron chi connectivity index (χ1n) is 8.22. The predicted octanol–water partition coefficient (Wildman–Crippen LogP) is 3.14. The summed E-state index contributed by atoms with van der Waals surface area (Å²) in [6.45, 7) is 0. The Morgan fingerprint density at radius 2 is 1.78 bits per heavy atom. The Kier molecular flexibility index (Phi) is 3.39. The maximum absolute atomic E-state index is 12.2. The molecule has 4 bridgehead atoms. The molecule has 4 aliphatic rings. The van der Waals surface area contributed by atoms with Crippen molar-refractivity contribution in [3.05, 3.63) is 39.9 Å². The first-order valence-corrected chi connectivity index (χ1v) is 8.22. The fourth-order valence-corrected chi connectivity index (χ4v) is 4.79. The number of non-ortho nitro benzene ring substituents is 1. The van der Waals surface area contributed by atoms with E-state index in [1.54, 1.807) is 6.07 Å². The maximum Gasteiger partial charge on any atom is 0.271 e. The van der Waals surface area contributed by atoms with E-state index in [-0.39, 0.29) is 17.2 Å². The molecule has 6 nitrogen and oxygen atoms in total. The second-order valence-electron chi connectivity index (χ2n) is 7.09. The number of nitro benzene ring substituents is 1. The van der Waals surface area contributed by atoms with E-state index in [4.69, 9.17) is 0 Å². The Bertz CT molecular complexity index is 668. The molecule has 0 heterocycles. The van der Waals surface area contributed by atoms with Gasteiger partial charge < -0.3 is 0 Å². The molecular weight excluding hydrogens is 294 g/mol. The SMILES string of the molecule is O=C(NN=C1C2CC3CC(C2)CC1C3)c1cccc([N+](=O)[O-])c1. The first-order chi connectivity index (χ1) is 11.1. The minimum Gasteiger partial charge on any atom is -0.267 e. The molecule has 1 aromatic carbocycles. The summed E-state index contributed by atoms with van der Waals surface area (Å²) >= 11 is 0. The number of hydrazone groups is 1. The summed E-state index contributed by atoms with van der Waals surface area (Å²) in [4.78, 5) is 22.5. The molecule has 0 saturated heterocycles. The average Bonchev–Trinajstić information content (AvgIpc) is 2.53. The number of rotatable bonds is 3. The summed E-state index contributed by atoms with van der Waals surface area (Å²) in [6.07, 6.45) is 6.20. The molecule has 0 unspecified atom stereocenters. The zero-order valence-corrected chi connectivity index (χ0v) is 12.8. The number of nitrogens with one attached hydrogen (secondary N) is 1. The smallest absolute Gasteiger partial charge is 0.267 e. The molecule has 0 spiro atoms. The zero-order chi connectivity index (χ0) is 16.0. The fraction of sp³-hybridized carbons (Fsp3) is 0.529. The lowest BCUT2D eigenvalue weighted by Gasteiger charge is -2.50. The molecular formula is C17H19N3O3. The van der Waals surface area contributed by atoms with Gasteiger partial charge in [0.15, 0.2) is 0 Å². The van der Waals surface area contributed by atoms with Crippen LogP contribution in [0.2, 0.25) is 0 Å². The van der Waals surface area contributed by atoms with E-state index in [0.29, 0.717) is 11.8 Å².